The number of rotatable bonds is 5. The van der Waals surface area contributed by atoms with Crippen LogP contribution in [0.25, 0.3) is 10.4 Å². The molecule has 0 atom stereocenters. The maximum atomic E-state index is 4.77. The van der Waals surface area contributed by atoms with E-state index in [0.29, 0.717) is 6.04 Å². The summed E-state index contributed by atoms with van der Waals surface area (Å²) in [6, 6.07) is 11.3. The minimum absolute atomic E-state index is 0.716. The van der Waals surface area contributed by atoms with Gasteiger partial charge >= 0.3 is 0 Å². The number of benzene rings is 1. The molecule has 1 saturated carbocycles. The summed E-state index contributed by atoms with van der Waals surface area (Å²) in [5.74, 6) is 0. The summed E-state index contributed by atoms with van der Waals surface area (Å²) in [6.07, 6.45) is 2.62. The molecule has 0 aliphatic heterocycles. The molecule has 19 heavy (non-hydrogen) atoms. The molecule has 4 heteroatoms. The van der Waals surface area contributed by atoms with Gasteiger partial charge in [-0.15, -0.1) is 0 Å². The maximum Gasteiger partial charge on any atom is 0.185 e. The normalized spacial score (nSPS) is 14.6. The summed E-state index contributed by atoms with van der Waals surface area (Å²) < 4.78 is 0. The van der Waals surface area contributed by atoms with Gasteiger partial charge < -0.3 is 10.2 Å². The van der Waals surface area contributed by atoms with E-state index in [1.807, 2.05) is 14.1 Å². The Bertz CT molecular complexity index is 544. The monoisotopic (exact) mass is 273 g/mol. The molecule has 100 valence electrons. The van der Waals surface area contributed by atoms with Crippen molar-refractivity contribution >= 4 is 16.5 Å². The molecule has 1 heterocycles. The number of aromatic nitrogens is 1. The van der Waals surface area contributed by atoms with Crippen molar-refractivity contribution < 1.29 is 0 Å². The van der Waals surface area contributed by atoms with Gasteiger partial charge in [-0.1, -0.05) is 41.7 Å². The first-order valence-electron chi connectivity index (χ1n) is 6.70. The Morgan fingerprint density at radius 2 is 2.00 bits per heavy atom. The molecular formula is C15H19N3S. The second kappa shape index (κ2) is 5.31. The van der Waals surface area contributed by atoms with E-state index in [-0.39, 0.29) is 0 Å². The van der Waals surface area contributed by atoms with Crippen molar-refractivity contribution in [3.8, 4) is 10.4 Å². The van der Waals surface area contributed by atoms with Gasteiger partial charge in [-0.25, -0.2) is 4.98 Å². The van der Waals surface area contributed by atoms with Crippen molar-refractivity contribution in [1.82, 2.24) is 10.3 Å². The van der Waals surface area contributed by atoms with Crippen LogP contribution in [0.15, 0.2) is 30.3 Å². The van der Waals surface area contributed by atoms with E-state index in [1.165, 1.54) is 29.0 Å². The van der Waals surface area contributed by atoms with E-state index >= 15 is 0 Å². The topological polar surface area (TPSA) is 28.2 Å². The van der Waals surface area contributed by atoms with Crippen LogP contribution < -0.4 is 10.2 Å². The lowest BCUT2D eigenvalue weighted by Gasteiger charge is -2.05. The summed E-state index contributed by atoms with van der Waals surface area (Å²) in [7, 11) is 4.09. The zero-order valence-corrected chi connectivity index (χ0v) is 12.2. The van der Waals surface area contributed by atoms with Crippen LogP contribution in [0.1, 0.15) is 18.5 Å². The Morgan fingerprint density at radius 1 is 1.26 bits per heavy atom. The van der Waals surface area contributed by atoms with E-state index in [2.05, 4.69) is 40.5 Å². The molecule has 0 unspecified atom stereocenters. The molecule has 0 bridgehead atoms. The molecule has 0 saturated heterocycles. The minimum Gasteiger partial charge on any atom is -0.354 e. The van der Waals surface area contributed by atoms with E-state index in [4.69, 9.17) is 4.98 Å². The predicted molar refractivity (Wildman–Crippen MR) is 81.7 cm³/mol. The standard InChI is InChI=1S/C15H19N3S/c1-18(2)15-17-13(10-16-12-8-9-12)14(19-15)11-6-4-3-5-7-11/h3-7,12,16H,8-10H2,1-2H3. The van der Waals surface area contributed by atoms with Gasteiger partial charge in [-0.2, -0.15) is 0 Å². The number of anilines is 1. The fourth-order valence-electron chi connectivity index (χ4n) is 1.99. The lowest BCUT2D eigenvalue weighted by atomic mass is 10.1. The summed E-state index contributed by atoms with van der Waals surface area (Å²) in [4.78, 5) is 8.14. The first-order valence-corrected chi connectivity index (χ1v) is 7.51. The smallest absolute Gasteiger partial charge is 0.185 e. The summed E-state index contributed by atoms with van der Waals surface area (Å²) in [5, 5.41) is 4.64. The largest absolute Gasteiger partial charge is 0.354 e. The average Bonchev–Trinajstić information content (AvgIpc) is 3.15. The summed E-state index contributed by atoms with van der Waals surface area (Å²) >= 11 is 1.77. The zero-order chi connectivity index (χ0) is 13.2. The number of hydrogen-bond acceptors (Lipinski definition) is 4. The van der Waals surface area contributed by atoms with Crippen molar-refractivity contribution in [1.29, 1.82) is 0 Å². The van der Waals surface area contributed by atoms with Crippen LogP contribution in [-0.4, -0.2) is 25.1 Å². The van der Waals surface area contributed by atoms with Gasteiger partial charge in [0.15, 0.2) is 5.13 Å². The molecule has 1 aromatic carbocycles. The molecule has 3 rings (SSSR count). The molecule has 1 N–H and O–H groups in total. The van der Waals surface area contributed by atoms with Crippen molar-refractivity contribution in [3.05, 3.63) is 36.0 Å². The fourth-order valence-corrected chi connectivity index (χ4v) is 3.00. The highest BCUT2D eigenvalue weighted by Crippen LogP contribution is 2.34. The van der Waals surface area contributed by atoms with Crippen LogP contribution in [0.3, 0.4) is 0 Å². The second-order valence-electron chi connectivity index (χ2n) is 5.19. The van der Waals surface area contributed by atoms with E-state index in [0.717, 1.165) is 11.7 Å². The van der Waals surface area contributed by atoms with Gasteiger partial charge in [0, 0.05) is 26.7 Å². The van der Waals surface area contributed by atoms with E-state index in [9.17, 15) is 0 Å². The van der Waals surface area contributed by atoms with Crippen molar-refractivity contribution in [2.45, 2.75) is 25.4 Å². The Labute approximate surface area is 118 Å². The third-order valence-electron chi connectivity index (χ3n) is 3.24. The molecular weight excluding hydrogens is 254 g/mol. The highest BCUT2D eigenvalue weighted by Gasteiger charge is 2.22. The first kappa shape index (κ1) is 12.6. The molecule has 2 aromatic rings. The van der Waals surface area contributed by atoms with E-state index in [1.54, 1.807) is 11.3 Å². The molecule has 0 radical (unpaired) electrons. The van der Waals surface area contributed by atoms with Gasteiger partial charge in [0.2, 0.25) is 0 Å². The van der Waals surface area contributed by atoms with Gasteiger partial charge in [-0.05, 0) is 18.4 Å². The molecule has 1 aliphatic carbocycles. The van der Waals surface area contributed by atoms with Gasteiger partial charge in [0.05, 0.1) is 10.6 Å². The lowest BCUT2D eigenvalue weighted by Crippen LogP contribution is -2.16. The Balaban J connectivity index is 1.90. The van der Waals surface area contributed by atoms with Crippen molar-refractivity contribution in [2.75, 3.05) is 19.0 Å². The quantitative estimate of drug-likeness (QED) is 0.907. The summed E-state index contributed by atoms with van der Waals surface area (Å²) in [5.41, 5.74) is 2.44. The van der Waals surface area contributed by atoms with Crippen LogP contribution in [0, 0.1) is 0 Å². The zero-order valence-electron chi connectivity index (χ0n) is 11.4. The van der Waals surface area contributed by atoms with Crippen LogP contribution in [-0.2, 0) is 6.54 Å². The maximum absolute atomic E-state index is 4.77. The van der Waals surface area contributed by atoms with Crippen LogP contribution in [0.4, 0.5) is 5.13 Å². The van der Waals surface area contributed by atoms with Crippen molar-refractivity contribution in [3.63, 3.8) is 0 Å². The van der Waals surface area contributed by atoms with Crippen molar-refractivity contribution in [2.24, 2.45) is 0 Å². The SMILES string of the molecule is CN(C)c1nc(CNC2CC2)c(-c2ccccc2)s1. The molecule has 1 aliphatic rings. The first-order chi connectivity index (χ1) is 9.24. The number of nitrogens with zero attached hydrogens (tertiary/aromatic N) is 2. The average molecular weight is 273 g/mol. The Hall–Kier alpha value is -1.39. The predicted octanol–water partition coefficient (Wildman–Crippen LogP) is 3.13. The van der Waals surface area contributed by atoms with Gasteiger partial charge in [0.25, 0.3) is 0 Å². The van der Waals surface area contributed by atoms with Crippen LogP contribution >= 0.6 is 11.3 Å². The lowest BCUT2D eigenvalue weighted by molar-refractivity contribution is 0.678. The number of hydrogen-bond donors (Lipinski definition) is 1. The number of thiazole rings is 1. The molecule has 0 spiro atoms. The molecule has 1 fully saturated rings. The van der Waals surface area contributed by atoms with Crippen LogP contribution in [0.5, 0.6) is 0 Å². The molecule has 1 aromatic heterocycles. The van der Waals surface area contributed by atoms with Crippen LogP contribution in [0.2, 0.25) is 0 Å². The third kappa shape index (κ3) is 2.96. The minimum atomic E-state index is 0.716. The number of nitrogens with one attached hydrogen (secondary N) is 1. The summed E-state index contributed by atoms with van der Waals surface area (Å²) in [6.45, 7) is 0.874. The highest BCUT2D eigenvalue weighted by atomic mass is 32.1. The molecule has 3 nitrogen and oxygen atoms in total. The van der Waals surface area contributed by atoms with Gasteiger partial charge in [0.1, 0.15) is 0 Å². The van der Waals surface area contributed by atoms with E-state index < -0.39 is 0 Å². The van der Waals surface area contributed by atoms with Gasteiger partial charge in [-0.3, -0.25) is 0 Å². The third-order valence-corrected chi connectivity index (χ3v) is 4.55. The molecule has 0 amide bonds. The Morgan fingerprint density at radius 3 is 2.63 bits per heavy atom. The fraction of sp³-hybridized carbons (Fsp3) is 0.400. The second-order valence-corrected chi connectivity index (χ2v) is 6.17. The Kier molecular flexibility index (Phi) is 3.53. The highest BCUT2D eigenvalue weighted by molar-refractivity contribution is 7.19.